The molecule has 0 aromatic heterocycles. The summed E-state index contributed by atoms with van der Waals surface area (Å²) in [7, 11) is 7.22. The molecule has 0 aliphatic carbocycles. The first-order valence-corrected chi connectivity index (χ1v) is 7.60. The molecule has 0 atom stereocenters. The zero-order valence-corrected chi connectivity index (χ0v) is 14.2. The fourth-order valence-corrected chi connectivity index (χ4v) is 2.31. The number of nitrogens with zero attached hydrogens (tertiary/aromatic N) is 2. The molecular weight excluding hydrogens is 252 g/mol. The van der Waals surface area contributed by atoms with Crippen LogP contribution in [0.4, 0.5) is 0 Å². The van der Waals surface area contributed by atoms with Crippen molar-refractivity contribution >= 4 is 11.8 Å². The van der Waals surface area contributed by atoms with Crippen LogP contribution in [-0.2, 0) is 9.59 Å². The van der Waals surface area contributed by atoms with Crippen molar-refractivity contribution in [3.05, 3.63) is 0 Å². The van der Waals surface area contributed by atoms with E-state index < -0.39 is 0 Å². The van der Waals surface area contributed by atoms with Gasteiger partial charge in [-0.2, -0.15) is 0 Å². The maximum absolute atomic E-state index is 12.0. The molecule has 20 heavy (non-hydrogen) atoms. The normalized spacial score (nSPS) is 11.3. The largest absolute Gasteiger partial charge is 0.349 e. The van der Waals surface area contributed by atoms with Gasteiger partial charge in [0.15, 0.2) is 0 Å². The van der Waals surface area contributed by atoms with Crippen LogP contribution in [0.2, 0.25) is 0 Å². The lowest BCUT2D eigenvalue weighted by Crippen LogP contribution is -2.35. The Morgan fingerprint density at radius 3 is 1.80 bits per heavy atom. The first kappa shape index (κ1) is 18.9. The maximum Gasteiger partial charge on any atom is 0.227 e. The number of rotatable bonds is 9. The Morgan fingerprint density at radius 2 is 1.30 bits per heavy atom. The summed E-state index contributed by atoms with van der Waals surface area (Å²) < 4.78 is 0. The number of carbonyl (C=O) groups excluding carboxylic acids is 2. The molecule has 0 radical (unpaired) electrons. The highest BCUT2D eigenvalue weighted by molar-refractivity contribution is 5.81. The van der Waals surface area contributed by atoms with Crippen molar-refractivity contribution in [3.8, 4) is 0 Å². The lowest BCUT2D eigenvalue weighted by atomic mass is 9.85. The molecule has 118 valence electrons. The monoisotopic (exact) mass is 284 g/mol. The highest BCUT2D eigenvalue weighted by Crippen LogP contribution is 2.26. The molecule has 0 saturated heterocycles. The van der Waals surface area contributed by atoms with Crippen LogP contribution in [0.1, 0.15) is 58.8 Å². The zero-order valence-electron chi connectivity index (χ0n) is 14.2. The van der Waals surface area contributed by atoms with Gasteiger partial charge in [-0.25, -0.2) is 0 Å². The number of unbranched alkanes of at least 4 members (excludes halogenated alkanes) is 4. The van der Waals surface area contributed by atoms with Crippen LogP contribution in [0, 0.1) is 5.41 Å². The maximum atomic E-state index is 12.0. The Hall–Kier alpha value is -1.06. The molecule has 0 aromatic rings. The van der Waals surface area contributed by atoms with Crippen molar-refractivity contribution in [1.29, 1.82) is 0 Å². The summed E-state index contributed by atoms with van der Waals surface area (Å²) in [5, 5.41) is 0. The fourth-order valence-electron chi connectivity index (χ4n) is 2.31. The predicted octanol–water partition coefficient (Wildman–Crippen LogP) is 2.92. The summed E-state index contributed by atoms with van der Waals surface area (Å²) in [4.78, 5) is 26.7. The van der Waals surface area contributed by atoms with E-state index in [9.17, 15) is 9.59 Å². The van der Waals surface area contributed by atoms with E-state index in [2.05, 4.69) is 0 Å². The summed E-state index contributed by atoms with van der Waals surface area (Å²) >= 11 is 0. The van der Waals surface area contributed by atoms with Crippen molar-refractivity contribution in [1.82, 2.24) is 9.80 Å². The highest BCUT2D eigenvalue weighted by Gasteiger charge is 2.28. The second kappa shape index (κ2) is 8.98. The fraction of sp³-hybridized carbons (Fsp3) is 0.875. The highest BCUT2D eigenvalue weighted by atomic mass is 16.2. The van der Waals surface area contributed by atoms with Crippen LogP contribution < -0.4 is 0 Å². The predicted molar refractivity (Wildman–Crippen MR) is 83.5 cm³/mol. The van der Waals surface area contributed by atoms with E-state index in [1.165, 1.54) is 0 Å². The van der Waals surface area contributed by atoms with Gasteiger partial charge in [0, 0.05) is 40.0 Å². The van der Waals surface area contributed by atoms with E-state index >= 15 is 0 Å². The van der Waals surface area contributed by atoms with Crippen LogP contribution in [0.25, 0.3) is 0 Å². The molecule has 0 saturated carbocycles. The number of amides is 2. The second-order valence-electron chi connectivity index (χ2n) is 6.64. The van der Waals surface area contributed by atoms with Crippen LogP contribution >= 0.6 is 0 Å². The molecule has 0 aliphatic rings. The molecule has 4 nitrogen and oxygen atoms in total. The molecule has 0 rings (SSSR count). The first-order valence-electron chi connectivity index (χ1n) is 7.60. The molecule has 0 bridgehead atoms. The molecule has 2 amide bonds. The van der Waals surface area contributed by atoms with Crippen LogP contribution in [0.15, 0.2) is 0 Å². The van der Waals surface area contributed by atoms with Crippen LogP contribution in [0.5, 0.6) is 0 Å². The van der Waals surface area contributed by atoms with Crippen molar-refractivity contribution in [2.75, 3.05) is 28.2 Å². The molecular formula is C16H32N2O2. The SMILES string of the molecule is CN(C)C(=O)CCCCCCCC(C)(C)C(=O)N(C)C. The van der Waals surface area contributed by atoms with E-state index in [0.29, 0.717) is 6.42 Å². The van der Waals surface area contributed by atoms with Crippen molar-refractivity contribution < 1.29 is 9.59 Å². The summed E-state index contributed by atoms with van der Waals surface area (Å²) in [5.41, 5.74) is -0.260. The van der Waals surface area contributed by atoms with Gasteiger partial charge in [0.05, 0.1) is 0 Å². The third kappa shape index (κ3) is 7.51. The average molecular weight is 284 g/mol. The van der Waals surface area contributed by atoms with E-state index in [1.807, 2.05) is 27.9 Å². The third-order valence-electron chi connectivity index (χ3n) is 3.68. The summed E-state index contributed by atoms with van der Waals surface area (Å²) in [6.45, 7) is 4.04. The molecule has 0 unspecified atom stereocenters. The van der Waals surface area contributed by atoms with Gasteiger partial charge in [-0.15, -0.1) is 0 Å². The van der Waals surface area contributed by atoms with Crippen molar-refractivity contribution in [2.45, 2.75) is 58.8 Å². The molecule has 0 aliphatic heterocycles. The van der Waals surface area contributed by atoms with Gasteiger partial charge in [0.1, 0.15) is 0 Å². The Labute approximate surface area is 124 Å². The topological polar surface area (TPSA) is 40.6 Å². The second-order valence-corrected chi connectivity index (χ2v) is 6.64. The van der Waals surface area contributed by atoms with Crippen molar-refractivity contribution in [2.24, 2.45) is 5.41 Å². The minimum Gasteiger partial charge on any atom is -0.349 e. The van der Waals surface area contributed by atoms with Gasteiger partial charge in [-0.1, -0.05) is 39.5 Å². The standard InChI is InChI=1S/C16H32N2O2/c1-16(2,15(20)18(5)6)13-11-9-7-8-10-12-14(19)17(3)4/h7-13H2,1-6H3. The van der Waals surface area contributed by atoms with Gasteiger partial charge in [-0.3, -0.25) is 9.59 Å². The van der Waals surface area contributed by atoms with Gasteiger partial charge in [-0.05, 0) is 12.8 Å². The van der Waals surface area contributed by atoms with Gasteiger partial charge in [0.2, 0.25) is 11.8 Å². The summed E-state index contributed by atoms with van der Waals surface area (Å²) in [5.74, 6) is 0.414. The van der Waals surface area contributed by atoms with Gasteiger partial charge >= 0.3 is 0 Å². The Kier molecular flexibility index (Phi) is 8.51. The number of hydrogen-bond acceptors (Lipinski definition) is 2. The molecule has 0 spiro atoms. The molecule has 0 N–H and O–H groups in total. The quantitative estimate of drug-likeness (QED) is 0.611. The minimum atomic E-state index is -0.260. The minimum absolute atomic E-state index is 0.203. The van der Waals surface area contributed by atoms with E-state index in [0.717, 1.165) is 38.5 Å². The Bertz CT molecular complexity index is 310. The van der Waals surface area contributed by atoms with E-state index in [1.54, 1.807) is 23.9 Å². The van der Waals surface area contributed by atoms with Crippen LogP contribution in [0.3, 0.4) is 0 Å². The number of hydrogen-bond donors (Lipinski definition) is 0. The summed E-state index contributed by atoms with van der Waals surface area (Å²) in [6.07, 6.45) is 7.01. The molecule has 4 heteroatoms. The lowest BCUT2D eigenvalue weighted by molar-refractivity contribution is -0.138. The van der Waals surface area contributed by atoms with Gasteiger partial charge < -0.3 is 9.80 Å². The Balaban J connectivity index is 3.67. The van der Waals surface area contributed by atoms with Gasteiger partial charge in [0.25, 0.3) is 0 Å². The number of carbonyl (C=O) groups is 2. The average Bonchev–Trinajstić information content (AvgIpc) is 2.35. The zero-order chi connectivity index (χ0) is 15.8. The van der Waals surface area contributed by atoms with E-state index in [-0.39, 0.29) is 17.2 Å². The Morgan fingerprint density at radius 1 is 0.800 bits per heavy atom. The van der Waals surface area contributed by atoms with Crippen molar-refractivity contribution in [3.63, 3.8) is 0 Å². The molecule has 0 fully saturated rings. The lowest BCUT2D eigenvalue weighted by Gasteiger charge is -2.27. The third-order valence-corrected chi connectivity index (χ3v) is 3.68. The smallest absolute Gasteiger partial charge is 0.227 e. The van der Waals surface area contributed by atoms with E-state index in [4.69, 9.17) is 0 Å². The summed E-state index contributed by atoms with van der Waals surface area (Å²) in [6, 6.07) is 0. The first-order chi connectivity index (χ1) is 9.18. The van der Waals surface area contributed by atoms with Crippen LogP contribution in [-0.4, -0.2) is 49.8 Å². The molecule has 0 aromatic carbocycles. The molecule has 0 heterocycles.